The summed E-state index contributed by atoms with van der Waals surface area (Å²) in [6, 6.07) is 23.8. The van der Waals surface area contributed by atoms with Crippen LogP contribution in [0.25, 0.3) is 11.8 Å². The van der Waals surface area contributed by atoms with Gasteiger partial charge in [-0.05, 0) is 43.2 Å². The molecule has 5 rings (SSSR count). The molecule has 0 saturated carbocycles. The Morgan fingerprint density at radius 3 is 2.36 bits per heavy atom. The molecule has 39 heavy (non-hydrogen) atoms. The summed E-state index contributed by atoms with van der Waals surface area (Å²) in [6.45, 7) is 4.39. The van der Waals surface area contributed by atoms with Gasteiger partial charge in [0.05, 0.1) is 42.2 Å². The minimum Gasteiger partial charge on any atom is -0.493 e. The minimum absolute atomic E-state index is 0.204. The first-order valence-corrected chi connectivity index (χ1v) is 13.5. The van der Waals surface area contributed by atoms with Crippen LogP contribution in [-0.4, -0.2) is 30.9 Å². The molecule has 8 heteroatoms. The van der Waals surface area contributed by atoms with E-state index in [1.54, 1.807) is 24.7 Å². The summed E-state index contributed by atoms with van der Waals surface area (Å²) in [5.74, 6) is 0.713. The average molecular weight is 541 g/mol. The molecular formula is C31H28N2O5S. The molecule has 0 unspecified atom stereocenters. The van der Waals surface area contributed by atoms with Crippen LogP contribution in [0, 0.1) is 0 Å². The van der Waals surface area contributed by atoms with Gasteiger partial charge < -0.3 is 14.2 Å². The predicted octanol–water partition coefficient (Wildman–Crippen LogP) is 4.34. The number of benzene rings is 3. The molecule has 198 valence electrons. The van der Waals surface area contributed by atoms with Crippen molar-refractivity contribution < 1.29 is 19.0 Å². The molecule has 0 fully saturated rings. The van der Waals surface area contributed by atoms with Crippen LogP contribution < -0.4 is 24.4 Å². The van der Waals surface area contributed by atoms with E-state index >= 15 is 0 Å². The van der Waals surface area contributed by atoms with Crippen LogP contribution >= 0.6 is 11.3 Å². The maximum Gasteiger partial charge on any atom is 0.338 e. The van der Waals surface area contributed by atoms with E-state index in [0.29, 0.717) is 38.7 Å². The zero-order valence-electron chi connectivity index (χ0n) is 21.9. The molecule has 0 spiro atoms. The summed E-state index contributed by atoms with van der Waals surface area (Å²) >= 11 is 1.28. The molecule has 3 aromatic carbocycles. The van der Waals surface area contributed by atoms with Crippen LogP contribution in [0.5, 0.6) is 11.5 Å². The molecule has 0 amide bonds. The molecule has 2 heterocycles. The van der Waals surface area contributed by atoms with Crippen LogP contribution in [0.1, 0.15) is 36.6 Å². The Balaban J connectivity index is 1.76. The summed E-state index contributed by atoms with van der Waals surface area (Å²) < 4.78 is 18.7. The molecule has 0 saturated heterocycles. The smallest absolute Gasteiger partial charge is 0.338 e. The standard InChI is InChI=1S/C31H28N2O5S/c1-4-37-23-17-16-20(18-24(23)36-3)19-25-29(34)33-28(22-14-10-7-11-15-22)26(30(35)38-5-2)27(32-31(33)39-25)21-12-8-6-9-13-21/h6-19,28H,4-5H2,1-3H3/b25-19-/t28-/m1/s1. The Hall–Kier alpha value is -4.43. The van der Waals surface area contributed by atoms with Gasteiger partial charge in [-0.25, -0.2) is 9.79 Å². The van der Waals surface area contributed by atoms with Crippen LogP contribution in [0.15, 0.2) is 94.2 Å². The molecule has 1 aliphatic rings. The third-order valence-electron chi connectivity index (χ3n) is 6.27. The van der Waals surface area contributed by atoms with Gasteiger partial charge in [0.15, 0.2) is 16.3 Å². The highest BCUT2D eigenvalue weighted by molar-refractivity contribution is 7.07. The summed E-state index contributed by atoms with van der Waals surface area (Å²) in [5, 5.41) is 0. The number of fused-ring (bicyclic) bond motifs is 1. The predicted molar refractivity (Wildman–Crippen MR) is 152 cm³/mol. The van der Waals surface area contributed by atoms with Crippen LogP contribution in [0.4, 0.5) is 0 Å². The zero-order valence-corrected chi connectivity index (χ0v) is 22.7. The van der Waals surface area contributed by atoms with Crippen molar-refractivity contribution in [3.63, 3.8) is 0 Å². The lowest BCUT2D eigenvalue weighted by Crippen LogP contribution is -2.39. The molecule has 1 atom stereocenters. The second-order valence-electron chi connectivity index (χ2n) is 8.69. The zero-order chi connectivity index (χ0) is 27.4. The van der Waals surface area contributed by atoms with E-state index in [9.17, 15) is 9.59 Å². The first-order chi connectivity index (χ1) is 19.0. The Morgan fingerprint density at radius 2 is 1.69 bits per heavy atom. The third-order valence-corrected chi connectivity index (χ3v) is 7.26. The van der Waals surface area contributed by atoms with Crippen molar-refractivity contribution in [3.05, 3.63) is 121 Å². The summed E-state index contributed by atoms with van der Waals surface area (Å²) in [4.78, 5) is 32.8. The lowest BCUT2D eigenvalue weighted by Gasteiger charge is -2.25. The number of esters is 1. The van der Waals surface area contributed by atoms with Gasteiger partial charge >= 0.3 is 5.97 Å². The van der Waals surface area contributed by atoms with Crippen molar-refractivity contribution in [2.45, 2.75) is 19.9 Å². The monoisotopic (exact) mass is 540 g/mol. The molecule has 0 N–H and O–H groups in total. The first kappa shape index (κ1) is 26.2. The molecule has 0 radical (unpaired) electrons. The summed E-state index contributed by atoms with van der Waals surface area (Å²) in [6.07, 6.45) is 1.81. The molecule has 0 aliphatic carbocycles. The lowest BCUT2D eigenvalue weighted by atomic mass is 9.93. The van der Waals surface area contributed by atoms with E-state index in [2.05, 4.69) is 0 Å². The molecule has 0 bridgehead atoms. The molecule has 1 aliphatic heterocycles. The summed E-state index contributed by atoms with van der Waals surface area (Å²) in [5.41, 5.74) is 2.93. The van der Waals surface area contributed by atoms with Gasteiger partial charge in [-0.2, -0.15) is 0 Å². The number of methoxy groups -OCH3 is 1. The molecule has 1 aromatic heterocycles. The molecular weight excluding hydrogens is 512 g/mol. The number of carbonyl (C=O) groups excluding carboxylic acids is 1. The van der Waals surface area contributed by atoms with Crippen molar-refractivity contribution in [1.82, 2.24) is 4.57 Å². The Kier molecular flexibility index (Phi) is 7.74. The summed E-state index contributed by atoms with van der Waals surface area (Å²) in [7, 11) is 1.58. The fourth-order valence-electron chi connectivity index (χ4n) is 4.59. The normalized spacial score (nSPS) is 14.9. The largest absolute Gasteiger partial charge is 0.493 e. The van der Waals surface area contributed by atoms with Crippen molar-refractivity contribution in [2.24, 2.45) is 4.99 Å². The van der Waals surface area contributed by atoms with E-state index in [1.807, 2.05) is 85.8 Å². The number of thiazole rings is 1. The van der Waals surface area contributed by atoms with Gasteiger partial charge in [0.2, 0.25) is 0 Å². The molecule has 4 aromatic rings. The van der Waals surface area contributed by atoms with Crippen LogP contribution in [-0.2, 0) is 9.53 Å². The quantitative estimate of drug-likeness (QED) is 0.311. The minimum atomic E-state index is -0.700. The van der Waals surface area contributed by atoms with Gasteiger partial charge in [0.1, 0.15) is 0 Å². The number of ether oxygens (including phenoxy) is 3. The maximum atomic E-state index is 13.9. The van der Waals surface area contributed by atoms with Crippen molar-refractivity contribution in [3.8, 4) is 11.5 Å². The highest BCUT2D eigenvalue weighted by atomic mass is 32.1. The van der Waals surface area contributed by atoms with Gasteiger partial charge in [-0.3, -0.25) is 9.36 Å². The Morgan fingerprint density at radius 1 is 0.974 bits per heavy atom. The number of carbonyl (C=O) groups is 1. The number of hydrogen-bond acceptors (Lipinski definition) is 7. The van der Waals surface area contributed by atoms with E-state index in [1.165, 1.54) is 11.3 Å². The van der Waals surface area contributed by atoms with Crippen LogP contribution in [0.2, 0.25) is 0 Å². The SMILES string of the molecule is CCOC(=O)C1=C(c2ccccc2)N=c2s/c(=C\c3ccc(OCC)c(OC)c3)c(=O)n2[C@@H]1c1ccccc1. The Bertz CT molecular complexity index is 1710. The topological polar surface area (TPSA) is 79.1 Å². The fourth-order valence-corrected chi connectivity index (χ4v) is 5.59. The first-order valence-electron chi connectivity index (χ1n) is 12.7. The van der Waals surface area contributed by atoms with E-state index < -0.39 is 12.0 Å². The van der Waals surface area contributed by atoms with E-state index in [-0.39, 0.29) is 12.2 Å². The van der Waals surface area contributed by atoms with E-state index in [4.69, 9.17) is 19.2 Å². The van der Waals surface area contributed by atoms with Gasteiger partial charge in [-0.1, -0.05) is 78.1 Å². The Labute approximate surface area is 229 Å². The lowest BCUT2D eigenvalue weighted by molar-refractivity contribution is -0.138. The molecule has 7 nitrogen and oxygen atoms in total. The van der Waals surface area contributed by atoms with Gasteiger partial charge in [-0.15, -0.1) is 0 Å². The van der Waals surface area contributed by atoms with E-state index in [0.717, 1.165) is 16.7 Å². The van der Waals surface area contributed by atoms with Crippen molar-refractivity contribution >= 4 is 29.1 Å². The third kappa shape index (κ3) is 5.15. The number of hydrogen-bond donors (Lipinski definition) is 0. The second-order valence-corrected chi connectivity index (χ2v) is 9.69. The van der Waals surface area contributed by atoms with Crippen molar-refractivity contribution in [2.75, 3.05) is 20.3 Å². The average Bonchev–Trinajstić information content (AvgIpc) is 3.28. The second kappa shape index (κ2) is 11.5. The number of aromatic nitrogens is 1. The highest BCUT2D eigenvalue weighted by Gasteiger charge is 2.35. The van der Waals surface area contributed by atoms with Crippen molar-refractivity contribution in [1.29, 1.82) is 0 Å². The number of nitrogens with zero attached hydrogens (tertiary/aromatic N) is 2. The van der Waals surface area contributed by atoms with Crippen LogP contribution in [0.3, 0.4) is 0 Å². The number of rotatable bonds is 8. The van der Waals surface area contributed by atoms with Gasteiger partial charge in [0, 0.05) is 5.56 Å². The van der Waals surface area contributed by atoms with Gasteiger partial charge in [0.25, 0.3) is 5.56 Å². The fraction of sp³-hybridized carbons (Fsp3) is 0.194. The highest BCUT2D eigenvalue weighted by Crippen LogP contribution is 2.35. The maximum absolute atomic E-state index is 13.9.